The number of nitrogens with zero attached hydrogens (tertiary/aromatic N) is 13. The van der Waals surface area contributed by atoms with Crippen LogP contribution in [0.3, 0.4) is 0 Å². The number of hydrogen-bond donors (Lipinski definition) is 0. The molecule has 62 heavy (non-hydrogen) atoms. The Kier molecular flexibility index (Phi) is 23.1. The molecule has 0 saturated carbocycles. The summed E-state index contributed by atoms with van der Waals surface area (Å²) >= 11 is 0. The topological polar surface area (TPSA) is 234 Å². The number of aromatic nitrogens is 12. The Hall–Kier alpha value is -6.40. The van der Waals surface area contributed by atoms with Crippen molar-refractivity contribution in [1.82, 2.24) is 60.0 Å². The van der Waals surface area contributed by atoms with Crippen LogP contribution in [0.5, 0.6) is 0 Å². The molecule has 8 heterocycles. The van der Waals surface area contributed by atoms with Gasteiger partial charge in [0.15, 0.2) is 23.5 Å². The second-order valence-corrected chi connectivity index (χ2v) is 14.2. The van der Waals surface area contributed by atoms with Crippen LogP contribution in [0.1, 0.15) is 119 Å². The molecular weight excluding hydrogens is 795 g/mol. The van der Waals surface area contributed by atoms with Crippen molar-refractivity contribution < 1.29 is 27.0 Å². The van der Waals surface area contributed by atoms with Crippen LogP contribution in [0.15, 0.2) is 39.6 Å². The minimum atomic E-state index is 0.287. The third kappa shape index (κ3) is 22.3. The molecule has 19 heteroatoms. The molecule has 0 spiro atoms. The summed E-state index contributed by atoms with van der Waals surface area (Å²) in [5.74, 6) is 11.0. The van der Waals surface area contributed by atoms with Gasteiger partial charge in [0.2, 0.25) is 17.7 Å². The number of ether oxygens (including phenoxy) is 1. The molecule has 19 nitrogen and oxygen atoms in total. The Labute approximate surface area is 365 Å². The minimum absolute atomic E-state index is 0.287. The van der Waals surface area contributed by atoms with Crippen molar-refractivity contribution in [2.24, 2.45) is 12.0 Å². The van der Waals surface area contributed by atoms with Crippen LogP contribution in [-0.4, -0.2) is 78.0 Å². The molecule has 340 valence electrons. The zero-order valence-corrected chi connectivity index (χ0v) is 40.6. The predicted octanol–water partition coefficient (Wildman–Crippen LogP) is 8.91. The highest BCUT2D eigenvalue weighted by atomic mass is 16.5. The second kappa shape index (κ2) is 26.7. The largest absolute Gasteiger partial charge is 0.476 e. The molecule has 0 aromatic carbocycles. The van der Waals surface area contributed by atoms with Gasteiger partial charge in [0.1, 0.15) is 46.7 Å². The molecule has 0 radical (unpaired) electrons. The van der Waals surface area contributed by atoms with Crippen LogP contribution in [0.25, 0.3) is 0 Å². The molecule has 0 saturated heterocycles. The number of hydrogen-bond acceptors (Lipinski definition) is 18. The molecule has 2 atom stereocenters. The number of rotatable bonds is 0. The van der Waals surface area contributed by atoms with Crippen molar-refractivity contribution in [3.8, 4) is 0 Å². The Balaban J connectivity index is 0.000000355. The van der Waals surface area contributed by atoms with Crippen LogP contribution in [-0.2, 0) is 11.8 Å². The molecule has 7 aromatic rings. The van der Waals surface area contributed by atoms with Gasteiger partial charge in [-0.25, -0.2) is 34.9 Å². The summed E-state index contributed by atoms with van der Waals surface area (Å²) in [6.07, 6.45) is 2.16. The maximum atomic E-state index is 5.22. The van der Waals surface area contributed by atoms with E-state index in [1.807, 2.05) is 123 Å². The fourth-order valence-corrected chi connectivity index (χ4v) is 4.74. The van der Waals surface area contributed by atoms with E-state index in [4.69, 9.17) is 22.5 Å². The lowest BCUT2D eigenvalue weighted by Crippen LogP contribution is -2.13. The standard InChI is InChI=1S/C6H9N3.C6H10N2.C6H11NO.2C6H9NO.C5H7NO.2C4H6N2O/c1-4-7-5(2)9-6(3)8-4;1-5-4-7-6(2)8(5)3;3*1-4-5(2)8-6(3)7-4;1-4-3-5(2)7-6-4;1-3-5-6-4(2)7-3;1-3-5-4(2)7-6-3/h1-3H3;4H,1-3H3;4-5H,1-3H3;2*1-3H3;3H,1-2H3;2*1-2H3. The molecule has 0 N–H and O–H groups in total. The van der Waals surface area contributed by atoms with Gasteiger partial charge < -0.3 is 31.6 Å². The van der Waals surface area contributed by atoms with Crippen molar-refractivity contribution in [3.63, 3.8) is 0 Å². The number of oxazole rings is 2. The lowest BCUT2D eigenvalue weighted by atomic mass is 10.2. The van der Waals surface area contributed by atoms with Crippen molar-refractivity contribution in [1.29, 1.82) is 0 Å². The first-order valence-corrected chi connectivity index (χ1v) is 19.9. The third-order valence-corrected chi connectivity index (χ3v) is 8.12. The molecule has 2 unspecified atom stereocenters. The summed E-state index contributed by atoms with van der Waals surface area (Å²) in [4.78, 5) is 32.2. The van der Waals surface area contributed by atoms with Crippen LogP contribution in [0, 0.1) is 118 Å². The summed E-state index contributed by atoms with van der Waals surface area (Å²) in [5, 5.41) is 14.4. The molecule has 1 aliphatic heterocycles. The summed E-state index contributed by atoms with van der Waals surface area (Å²) in [6.45, 7) is 37.8. The zero-order chi connectivity index (χ0) is 47.3. The molecule has 7 aromatic heterocycles. The monoisotopic (exact) mass is 862 g/mol. The van der Waals surface area contributed by atoms with Gasteiger partial charge in [-0.1, -0.05) is 10.3 Å². The van der Waals surface area contributed by atoms with Gasteiger partial charge in [0.25, 0.3) is 0 Å². The average Bonchev–Trinajstić information content (AvgIpc) is 4.05. The number of aliphatic imine (C=N–C) groups is 1. The van der Waals surface area contributed by atoms with Gasteiger partial charge in [0.05, 0.1) is 23.1 Å². The Morgan fingerprint density at radius 1 is 0.516 bits per heavy atom. The summed E-state index contributed by atoms with van der Waals surface area (Å²) in [6, 6.07) is 2.25. The SMILES string of the molecule is CC1=NC(C)C(C)O1.Cc1cc(C)on1.Cc1cnc(C)n1C.Cc1nc(C)c(C)o1.Cc1nc(C)c(C)o1.Cc1nc(C)nc(C)n1.Cc1nnc(C)o1.Cc1noc(C)n1. The Bertz CT molecular complexity index is 2070. The minimum Gasteiger partial charge on any atom is -0.476 e. The lowest BCUT2D eigenvalue weighted by molar-refractivity contribution is 0.217. The van der Waals surface area contributed by atoms with E-state index in [9.17, 15) is 0 Å². The van der Waals surface area contributed by atoms with Gasteiger partial charge in [-0.15, -0.1) is 10.2 Å². The van der Waals surface area contributed by atoms with E-state index in [0.717, 1.165) is 75.3 Å². The Morgan fingerprint density at radius 3 is 1.13 bits per heavy atom. The third-order valence-electron chi connectivity index (χ3n) is 8.12. The van der Waals surface area contributed by atoms with Crippen molar-refractivity contribution in [2.45, 2.75) is 151 Å². The molecule has 0 amide bonds. The van der Waals surface area contributed by atoms with Crippen molar-refractivity contribution in [2.75, 3.05) is 0 Å². The predicted molar refractivity (Wildman–Crippen MR) is 235 cm³/mol. The van der Waals surface area contributed by atoms with Gasteiger partial charge >= 0.3 is 0 Å². The van der Waals surface area contributed by atoms with Crippen molar-refractivity contribution >= 4 is 5.90 Å². The van der Waals surface area contributed by atoms with E-state index in [-0.39, 0.29) is 6.10 Å². The molecule has 0 fully saturated rings. The maximum Gasteiger partial charge on any atom is 0.223 e. The number of aryl methyl sites for hydroxylation is 17. The smallest absolute Gasteiger partial charge is 0.223 e. The highest BCUT2D eigenvalue weighted by Gasteiger charge is 2.19. The van der Waals surface area contributed by atoms with Gasteiger partial charge in [-0.2, -0.15) is 4.98 Å². The first-order chi connectivity index (χ1) is 28.9. The molecule has 0 aliphatic carbocycles. The molecule has 8 rings (SSSR count). The molecule has 1 aliphatic rings. The van der Waals surface area contributed by atoms with E-state index in [1.54, 1.807) is 27.7 Å². The summed E-state index contributed by atoms with van der Waals surface area (Å²) in [7, 11) is 2.01. The quantitative estimate of drug-likeness (QED) is 0.138. The highest BCUT2D eigenvalue weighted by molar-refractivity contribution is 5.75. The summed E-state index contributed by atoms with van der Waals surface area (Å²) in [5.41, 5.74) is 4.13. The highest BCUT2D eigenvalue weighted by Crippen LogP contribution is 2.11. The number of imidazole rings is 1. The van der Waals surface area contributed by atoms with E-state index >= 15 is 0 Å². The first-order valence-electron chi connectivity index (χ1n) is 19.9. The van der Waals surface area contributed by atoms with Crippen molar-refractivity contribution in [3.05, 3.63) is 111 Å². The van der Waals surface area contributed by atoms with E-state index in [0.29, 0.717) is 29.5 Å². The second-order valence-electron chi connectivity index (χ2n) is 14.2. The van der Waals surface area contributed by atoms with Crippen LogP contribution in [0.2, 0.25) is 0 Å². The van der Waals surface area contributed by atoms with Crippen LogP contribution < -0.4 is 0 Å². The maximum absolute atomic E-state index is 5.22. The summed E-state index contributed by atoms with van der Waals surface area (Å²) < 4.78 is 31.7. The van der Waals surface area contributed by atoms with Crippen LogP contribution in [0.4, 0.5) is 0 Å². The molecule has 0 bridgehead atoms. The van der Waals surface area contributed by atoms with Gasteiger partial charge in [-0.3, -0.25) is 0 Å². The molecular formula is C43H67N13O6. The van der Waals surface area contributed by atoms with E-state index in [2.05, 4.69) is 76.4 Å². The van der Waals surface area contributed by atoms with Gasteiger partial charge in [0, 0.05) is 66.5 Å². The van der Waals surface area contributed by atoms with Crippen LogP contribution >= 0.6 is 0 Å². The average molecular weight is 862 g/mol. The van der Waals surface area contributed by atoms with E-state index in [1.165, 1.54) is 5.69 Å². The first kappa shape index (κ1) is 53.6. The van der Waals surface area contributed by atoms with E-state index < -0.39 is 0 Å². The Morgan fingerprint density at radius 2 is 1.00 bits per heavy atom. The van der Waals surface area contributed by atoms with Gasteiger partial charge in [-0.05, 0) is 96.9 Å². The fourth-order valence-electron chi connectivity index (χ4n) is 4.74. The lowest BCUT2D eigenvalue weighted by Gasteiger charge is -2.05. The normalized spacial score (nSPS) is 13.1. The zero-order valence-electron chi connectivity index (χ0n) is 40.6. The fraction of sp³-hybridized carbons (Fsp3) is 0.535.